The Bertz CT molecular complexity index is 1080. The lowest BCUT2D eigenvalue weighted by Gasteiger charge is -2.34. The van der Waals surface area contributed by atoms with Gasteiger partial charge < -0.3 is 4.57 Å². The van der Waals surface area contributed by atoms with Crippen molar-refractivity contribution in [2.45, 2.75) is 58.8 Å². The number of nitrogens with zero attached hydrogens (tertiary/aromatic N) is 3. The number of imide groups is 1. The van der Waals surface area contributed by atoms with Gasteiger partial charge in [-0.2, -0.15) is 0 Å². The van der Waals surface area contributed by atoms with Crippen molar-refractivity contribution in [2.24, 2.45) is 5.41 Å². The molecular weight excluding hydrogens is 404 g/mol. The number of hydrogen-bond acceptors (Lipinski definition) is 4. The topological polar surface area (TPSA) is 72.3 Å². The summed E-state index contributed by atoms with van der Waals surface area (Å²) in [6.45, 7) is 5.11. The summed E-state index contributed by atoms with van der Waals surface area (Å²) < 4.78 is 29.0. The number of aromatic nitrogens is 2. The molecule has 1 aromatic carbocycles. The van der Waals surface area contributed by atoms with Crippen molar-refractivity contribution in [1.29, 1.82) is 0 Å². The number of ketones is 1. The third-order valence-corrected chi connectivity index (χ3v) is 6.53. The predicted molar refractivity (Wildman–Crippen MR) is 109 cm³/mol. The predicted octanol–water partition coefficient (Wildman–Crippen LogP) is 3.93. The van der Waals surface area contributed by atoms with E-state index in [1.54, 1.807) is 13.8 Å². The van der Waals surface area contributed by atoms with Gasteiger partial charge in [0.05, 0.1) is 17.7 Å². The Hall–Kier alpha value is -2.90. The molecule has 2 fully saturated rings. The maximum atomic E-state index is 13.6. The molecule has 6 nitrogen and oxygen atoms in total. The first kappa shape index (κ1) is 21.3. The number of imidazole rings is 1. The first-order chi connectivity index (χ1) is 14.5. The fraction of sp³-hybridized carbons (Fsp3) is 0.478. The van der Waals surface area contributed by atoms with E-state index in [0.717, 1.165) is 16.2 Å². The normalized spacial score (nSPS) is 20.0. The average Bonchev–Trinajstić information content (AvgIpc) is 3.12. The van der Waals surface area contributed by atoms with Crippen LogP contribution in [0.3, 0.4) is 0 Å². The van der Waals surface area contributed by atoms with E-state index >= 15 is 0 Å². The van der Waals surface area contributed by atoms with Crippen LogP contribution in [0.5, 0.6) is 0 Å². The summed E-state index contributed by atoms with van der Waals surface area (Å²) in [5, 5.41) is 0. The van der Waals surface area contributed by atoms with E-state index in [4.69, 9.17) is 0 Å². The van der Waals surface area contributed by atoms with E-state index in [-0.39, 0.29) is 25.0 Å². The van der Waals surface area contributed by atoms with Crippen molar-refractivity contribution in [3.05, 3.63) is 47.0 Å². The summed E-state index contributed by atoms with van der Waals surface area (Å²) in [6.07, 6.45) is -0.990. The van der Waals surface area contributed by atoms with Gasteiger partial charge in [-0.25, -0.2) is 13.8 Å². The van der Waals surface area contributed by atoms with Crippen molar-refractivity contribution in [2.75, 3.05) is 6.54 Å². The number of alkyl halides is 2. The number of amides is 2. The van der Waals surface area contributed by atoms with Gasteiger partial charge in [-0.1, -0.05) is 12.1 Å². The van der Waals surface area contributed by atoms with E-state index in [0.29, 0.717) is 11.5 Å². The van der Waals surface area contributed by atoms with Crippen LogP contribution in [0.4, 0.5) is 8.78 Å². The molecule has 2 aromatic rings. The van der Waals surface area contributed by atoms with Crippen molar-refractivity contribution >= 4 is 17.6 Å². The quantitative estimate of drug-likeness (QED) is 0.545. The maximum Gasteiger partial charge on any atom is 0.248 e. The number of carbonyl (C=O) groups is 3. The average molecular weight is 429 g/mol. The van der Waals surface area contributed by atoms with Crippen LogP contribution in [0.2, 0.25) is 0 Å². The van der Waals surface area contributed by atoms with Crippen molar-refractivity contribution < 1.29 is 23.2 Å². The molecule has 0 atom stereocenters. The lowest BCUT2D eigenvalue weighted by molar-refractivity contribution is -0.144. The van der Waals surface area contributed by atoms with Crippen molar-refractivity contribution in [3.63, 3.8) is 0 Å². The zero-order valence-corrected chi connectivity index (χ0v) is 17.9. The van der Waals surface area contributed by atoms with Gasteiger partial charge in [-0.15, -0.1) is 0 Å². The number of likely N-dealkylation sites (tertiary alicyclic amines) is 1. The molecule has 1 aliphatic carbocycles. The first-order valence-corrected chi connectivity index (χ1v) is 10.4. The molecule has 0 N–H and O–H groups in total. The van der Waals surface area contributed by atoms with Crippen LogP contribution >= 0.6 is 0 Å². The molecule has 1 spiro atoms. The minimum Gasteiger partial charge on any atom is -0.300 e. The Kier molecular flexibility index (Phi) is 5.06. The molecular formula is C23H25F2N3O3. The van der Waals surface area contributed by atoms with Crippen LogP contribution in [-0.2, 0) is 9.59 Å². The molecule has 0 unspecified atom stereocenters. The van der Waals surface area contributed by atoms with Crippen LogP contribution in [0.1, 0.15) is 59.7 Å². The second-order valence-electron chi connectivity index (χ2n) is 8.79. The zero-order valence-electron chi connectivity index (χ0n) is 17.9. The van der Waals surface area contributed by atoms with Crippen molar-refractivity contribution in [3.8, 4) is 5.69 Å². The van der Waals surface area contributed by atoms with Gasteiger partial charge in [0.1, 0.15) is 11.5 Å². The Morgan fingerprint density at radius 2 is 1.77 bits per heavy atom. The highest BCUT2D eigenvalue weighted by Gasteiger charge is 2.55. The van der Waals surface area contributed by atoms with Crippen LogP contribution < -0.4 is 0 Å². The maximum absolute atomic E-state index is 13.6. The van der Waals surface area contributed by atoms with Gasteiger partial charge in [0.25, 0.3) is 0 Å². The Morgan fingerprint density at radius 1 is 1.10 bits per heavy atom. The standard InChI is InChI=1S/C23H25F2N3O3/c1-14-5-4-6-17(11-14)28-15(2)20(26-16(28)3)18(29)13-27-19(30)12-22(21(27)31)7-9-23(24,25)10-8-22/h4-6,11H,7-10,12-13H2,1-3H3. The van der Waals surface area contributed by atoms with Gasteiger partial charge in [0.15, 0.2) is 0 Å². The van der Waals surface area contributed by atoms with Gasteiger partial charge in [-0.05, 0) is 51.3 Å². The third kappa shape index (κ3) is 3.68. The summed E-state index contributed by atoms with van der Waals surface area (Å²) in [4.78, 5) is 43.9. The molecule has 1 saturated carbocycles. The van der Waals surface area contributed by atoms with E-state index < -0.39 is 48.3 Å². The summed E-state index contributed by atoms with van der Waals surface area (Å²) in [5.41, 5.74) is 1.67. The van der Waals surface area contributed by atoms with Crippen molar-refractivity contribution in [1.82, 2.24) is 14.5 Å². The molecule has 2 amide bonds. The molecule has 8 heteroatoms. The monoisotopic (exact) mass is 429 g/mol. The molecule has 0 bridgehead atoms. The lowest BCUT2D eigenvalue weighted by Crippen LogP contribution is -2.42. The zero-order chi connectivity index (χ0) is 22.6. The Labute approximate surface area is 179 Å². The fourth-order valence-corrected chi connectivity index (χ4v) is 4.78. The number of Topliss-reactive ketones (excluding diaryl/α,β-unsaturated/α-hetero) is 1. The fourth-order valence-electron chi connectivity index (χ4n) is 4.78. The van der Waals surface area contributed by atoms with E-state index in [1.807, 2.05) is 35.8 Å². The van der Waals surface area contributed by atoms with E-state index in [9.17, 15) is 23.2 Å². The van der Waals surface area contributed by atoms with Crippen LogP contribution in [0.25, 0.3) is 5.69 Å². The Balaban J connectivity index is 1.56. The number of rotatable bonds is 4. The molecule has 164 valence electrons. The van der Waals surface area contributed by atoms with Gasteiger partial charge >= 0.3 is 0 Å². The van der Waals surface area contributed by atoms with Crippen LogP contribution in [0.15, 0.2) is 24.3 Å². The molecule has 2 aliphatic rings. The number of benzene rings is 1. The minimum absolute atomic E-state index is 0.0324. The highest BCUT2D eigenvalue weighted by molar-refractivity contribution is 6.10. The molecule has 31 heavy (non-hydrogen) atoms. The second kappa shape index (κ2) is 7.35. The summed E-state index contributed by atoms with van der Waals surface area (Å²) in [5.74, 6) is -3.59. The van der Waals surface area contributed by atoms with Crippen LogP contribution in [0, 0.1) is 26.2 Å². The molecule has 1 saturated heterocycles. The van der Waals surface area contributed by atoms with Gasteiger partial charge in [0, 0.05) is 24.9 Å². The molecule has 2 heterocycles. The third-order valence-electron chi connectivity index (χ3n) is 6.53. The molecule has 0 radical (unpaired) electrons. The van der Waals surface area contributed by atoms with Gasteiger partial charge in [-0.3, -0.25) is 19.3 Å². The first-order valence-electron chi connectivity index (χ1n) is 10.4. The highest BCUT2D eigenvalue weighted by Crippen LogP contribution is 2.49. The summed E-state index contributed by atoms with van der Waals surface area (Å²) in [6, 6.07) is 7.78. The van der Waals surface area contributed by atoms with E-state index in [2.05, 4.69) is 4.98 Å². The number of aryl methyl sites for hydroxylation is 2. The van der Waals surface area contributed by atoms with Gasteiger partial charge in [0.2, 0.25) is 23.5 Å². The molecule has 1 aromatic heterocycles. The SMILES string of the molecule is Cc1cccc(-n2c(C)nc(C(=O)CN3C(=O)CC4(CCC(F)(F)CC4)C3=O)c2C)c1. The smallest absolute Gasteiger partial charge is 0.248 e. The Morgan fingerprint density at radius 3 is 2.42 bits per heavy atom. The second-order valence-corrected chi connectivity index (χ2v) is 8.79. The summed E-state index contributed by atoms with van der Waals surface area (Å²) in [7, 11) is 0. The number of halogens is 2. The highest BCUT2D eigenvalue weighted by atomic mass is 19.3. The summed E-state index contributed by atoms with van der Waals surface area (Å²) >= 11 is 0. The minimum atomic E-state index is -2.80. The molecule has 4 rings (SSSR count). The molecule has 1 aliphatic heterocycles. The lowest BCUT2D eigenvalue weighted by atomic mass is 9.71. The van der Waals surface area contributed by atoms with Crippen LogP contribution in [-0.4, -0.2) is 44.5 Å². The largest absolute Gasteiger partial charge is 0.300 e. The number of hydrogen-bond donors (Lipinski definition) is 0. The van der Waals surface area contributed by atoms with E-state index in [1.165, 1.54) is 0 Å². The number of carbonyl (C=O) groups excluding carboxylic acids is 3.